The molecule has 1 aromatic heterocycles. The predicted octanol–water partition coefficient (Wildman–Crippen LogP) is 2.96. The molecule has 1 fully saturated rings. The van der Waals surface area contributed by atoms with Crippen molar-refractivity contribution in [3.8, 4) is 0 Å². The number of carbonyl (C=O) groups is 5. The van der Waals surface area contributed by atoms with Crippen LogP contribution in [0.25, 0.3) is 0 Å². The Morgan fingerprint density at radius 3 is 1.95 bits per heavy atom. The molecule has 2 heterocycles. The molecule has 3 N–H and O–H groups in total. The number of nitrogens with one attached hydrogen (secondary N) is 3. The number of aromatic nitrogens is 1. The smallest absolute Gasteiger partial charge is 0.408 e. The van der Waals surface area contributed by atoms with Gasteiger partial charge >= 0.3 is 12.2 Å². The third-order valence-corrected chi connectivity index (χ3v) is 6.71. The second-order valence-electron chi connectivity index (χ2n) is 11.4. The second kappa shape index (κ2) is 16.2. The Labute approximate surface area is 251 Å². The molecule has 1 unspecified atom stereocenters. The Kier molecular flexibility index (Phi) is 12.5. The number of alkyl carbamates (subject to hydrolysis) is 2. The highest BCUT2D eigenvalue weighted by Gasteiger charge is 2.39. The van der Waals surface area contributed by atoms with Crippen molar-refractivity contribution in [3.05, 3.63) is 66.0 Å². The number of ketones is 1. The summed E-state index contributed by atoms with van der Waals surface area (Å²) in [7, 11) is 0. The van der Waals surface area contributed by atoms with Crippen molar-refractivity contribution in [2.45, 2.75) is 71.9 Å². The van der Waals surface area contributed by atoms with E-state index in [2.05, 4.69) is 20.9 Å². The molecule has 12 heteroatoms. The van der Waals surface area contributed by atoms with Crippen LogP contribution < -0.4 is 16.0 Å². The molecule has 0 bridgehead atoms. The van der Waals surface area contributed by atoms with E-state index in [1.54, 1.807) is 24.5 Å². The molecule has 1 aliphatic rings. The standard InChI is InChI=1S/C31H41N5O7/c1-20(2)14-24(34-30(40)42-18-22-8-6-5-7-9-22)28(38)33-26-16-36(17-27(26)37)29(39)25(15-21(3)4)35-31(41)43-19-23-10-12-32-13-11-23/h5-13,20-21,24-26H,14-19H2,1-4H3,(H,33,38)(H,34,40)(H,35,41)/t24-,25-,26?/m0/s1. The van der Waals surface area contributed by atoms with Crippen molar-refractivity contribution in [2.75, 3.05) is 13.1 Å². The van der Waals surface area contributed by atoms with Gasteiger partial charge in [0.05, 0.1) is 6.54 Å². The lowest BCUT2D eigenvalue weighted by molar-refractivity contribution is -0.134. The lowest BCUT2D eigenvalue weighted by Crippen LogP contribution is -2.53. The van der Waals surface area contributed by atoms with Crippen molar-refractivity contribution in [2.24, 2.45) is 11.8 Å². The third-order valence-electron chi connectivity index (χ3n) is 6.71. The Hall–Kier alpha value is -4.48. The number of pyridine rings is 1. The molecule has 1 saturated heterocycles. The minimum absolute atomic E-state index is 0.0125. The van der Waals surface area contributed by atoms with Gasteiger partial charge < -0.3 is 30.3 Å². The molecule has 0 aliphatic carbocycles. The number of nitrogens with zero attached hydrogens (tertiary/aromatic N) is 2. The van der Waals surface area contributed by atoms with Gasteiger partial charge in [0.2, 0.25) is 11.8 Å². The lowest BCUT2D eigenvalue weighted by Gasteiger charge is -2.25. The van der Waals surface area contributed by atoms with Crippen LogP contribution in [0.2, 0.25) is 0 Å². The van der Waals surface area contributed by atoms with Gasteiger partial charge in [-0.05, 0) is 47.9 Å². The number of hydrogen-bond acceptors (Lipinski definition) is 8. The molecular weight excluding hydrogens is 554 g/mol. The van der Waals surface area contributed by atoms with E-state index in [0.717, 1.165) is 11.1 Å². The zero-order chi connectivity index (χ0) is 31.4. The largest absolute Gasteiger partial charge is 0.445 e. The minimum atomic E-state index is -0.952. The highest BCUT2D eigenvalue weighted by atomic mass is 16.6. The van der Waals surface area contributed by atoms with E-state index in [1.807, 2.05) is 58.0 Å². The van der Waals surface area contributed by atoms with Crippen molar-refractivity contribution >= 4 is 29.8 Å². The molecule has 1 aromatic carbocycles. The predicted molar refractivity (Wildman–Crippen MR) is 157 cm³/mol. The second-order valence-corrected chi connectivity index (χ2v) is 11.4. The van der Waals surface area contributed by atoms with E-state index in [0.29, 0.717) is 12.8 Å². The Bertz CT molecular complexity index is 1240. The fourth-order valence-electron chi connectivity index (χ4n) is 4.59. The first kappa shape index (κ1) is 33.0. The number of Topliss-reactive ketones (excluding diaryl/α,β-unsaturated/α-hetero) is 1. The van der Waals surface area contributed by atoms with Gasteiger partial charge in [0, 0.05) is 18.9 Å². The molecule has 2 aromatic rings. The van der Waals surface area contributed by atoms with Crippen molar-refractivity contribution < 1.29 is 33.4 Å². The van der Waals surface area contributed by atoms with Gasteiger partial charge in [0.25, 0.3) is 0 Å². The molecule has 3 atom stereocenters. The van der Waals surface area contributed by atoms with Gasteiger partial charge in [-0.1, -0.05) is 58.0 Å². The molecule has 12 nitrogen and oxygen atoms in total. The summed E-state index contributed by atoms with van der Waals surface area (Å²) in [6.07, 6.45) is 2.31. The molecule has 232 valence electrons. The molecule has 4 amide bonds. The fourth-order valence-corrected chi connectivity index (χ4v) is 4.59. The van der Waals surface area contributed by atoms with Crippen LogP contribution in [0.4, 0.5) is 9.59 Å². The fraction of sp³-hybridized carbons (Fsp3) is 0.484. The Balaban J connectivity index is 1.57. The van der Waals surface area contributed by atoms with Crippen LogP contribution in [0.1, 0.15) is 51.7 Å². The molecule has 3 rings (SSSR count). The van der Waals surface area contributed by atoms with Crippen LogP contribution in [0.3, 0.4) is 0 Å². The van der Waals surface area contributed by atoms with Gasteiger partial charge in [0.15, 0.2) is 5.78 Å². The molecule has 43 heavy (non-hydrogen) atoms. The summed E-state index contributed by atoms with van der Waals surface area (Å²) in [5.41, 5.74) is 1.55. The van der Waals surface area contributed by atoms with Gasteiger partial charge in [-0.2, -0.15) is 0 Å². The topological polar surface area (TPSA) is 156 Å². The number of rotatable bonds is 13. The minimum Gasteiger partial charge on any atom is -0.445 e. The third kappa shape index (κ3) is 11.0. The average molecular weight is 596 g/mol. The zero-order valence-electron chi connectivity index (χ0n) is 25.1. The highest BCUT2D eigenvalue weighted by Crippen LogP contribution is 2.15. The maximum absolute atomic E-state index is 13.4. The first-order chi connectivity index (χ1) is 20.5. The molecular formula is C31H41N5O7. The Morgan fingerprint density at radius 2 is 1.37 bits per heavy atom. The van der Waals surface area contributed by atoms with Crippen LogP contribution >= 0.6 is 0 Å². The monoisotopic (exact) mass is 595 g/mol. The van der Waals surface area contributed by atoms with Gasteiger partial charge in [-0.15, -0.1) is 0 Å². The first-order valence-electron chi connectivity index (χ1n) is 14.4. The number of benzene rings is 1. The van der Waals surface area contributed by atoms with Crippen molar-refractivity contribution in [1.82, 2.24) is 25.8 Å². The Morgan fingerprint density at radius 1 is 0.837 bits per heavy atom. The maximum atomic E-state index is 13.4. The van der Waals surface area contributed by atoms with Crippen LogP contribution in [0, 0.1) is 11.8 Å². The molecule has 1 aliphatic heterocycles. The summed E-state index contributed by atoms with van der Waals surface area (Å²) in [5.74, 6) is -1.22. The quantitative estimate of drug-likeness (QED) is 0.319. The van der Waals surface area contributed by atoms with Gasteiger partial charge in [-0.25, -0.2) is 9.59 Å². The summed E-state index contributed by atoms with van der Waals surface area (Å²) in [6.45, 7) is 7.42. The molecule has 0 radical (unpaired) electrons. The number of likely N-dealkylation sites (tertiary alicyclic amines) is 1. The summed E-state index contributed by atoms with van der Waals surface area (Å²) in [5, 5.41) is 7.91. The van der Waals surface area contributed by atoms with Crippen LogP contribution in [-0.4, -0.2) is 70.9 Å². The lowest BCUT2D eigenvalue weighted by atomic mass is 10.0. The van der Waals surface area contributed by atoms with E-state index in [4.69, 9.17) is 9.47 Å². The van der Waals surface area contributed by atoms with E-state index >= 15 is 0 Å². The van der Waals surface area contributed by atoms with Crippen LogP contribution in [-0.2, 0) is 37.1 Å². The van der Waals surface area contributed by atoms with Crippen LogP contribution in [0.5, 0.6) is 0 Å². The van der Waals surface area contributed by atoms with E-state index in [1.165, 1.54) is 4.90 Å². The summed E-state index contributed by atoms with van der Waals surface area (Å²) in [4.78, 5) is 69.6. The number of hydrogen-bond donors (Lipinski definition) is 3. The summed E-state index contributed by atoms with van der Waals surface area (Å²) < 4.78 is 10.5. The maximum Gasteiger partial charge on any atom is 0.408 e. The number of ether oxygens (including phenoxy) is 2. The summed E-state index contributed by atoms with van der Waals surface area (Å²) in [6, 6.07) is 9.76. The number of carbonyl (C=O) groups excluding carboxylic acids is 5. The van der Waals surface area contributed by atoms with E-state index < -0.39 is 42.1 Å². The molecule has 0 spiro atoms. The molecule has 0 saturated carbocycles. The SMILES string of the molecule is CC(C)C[C@H](NC(=O)OCc1ccccc1)C(=O)NC1CN(C(=O)[C@H](CC(C)C)NC(=O)OCc2ccncc2)CC1=O. The van der Waals surface area contributed by atoms with Crippen LogP contribution in [0.15, 0.2) is 54.9 Å². The summed E-state index contributed by atoms with van der Waals surface area (Å²) >= 11 is 0. The number of amides is 4. The van der Waals surface area contributed by atoms with E-state index in [9.17, 15) is 24.0 Å². The zero-order valence-corrected chi connectivity index (χ0v) is 25.1. The highest BCUT2D eigenvalue weighted by molar-refractivity contribution is 5.98. The van der Waals surface area contributed by atoms with Gasteiger partial charge in [0.1, 0.15) is 31.3 Å². The average Bonchev–Trinajstić information content (AvgIpc) is 3.34. The van der Waals surface area contributed by atoms with Gasteiger partial charge in [-0.3, -0.25) is 19.4 Å². The van der Waals surface area contributed by atoms with Crippen molar-refractivity contribution in [1.29, 1.82) is 0 Å². The van der Waals surface area contributed by atoms with E-state index in [-0.39, 0.29) is 43.9 Å². The van der Waals surface area contributed by atoms with Crippen molar-refractivity contribution in [3.63, 3.8) is 0 Å². The normalized spacial score (nSPS) is 16.0. The first-order valence-corrected chi connectivity index (χ1v) is 14.4.